The first-order valence-electron chi connectivity index (χ1n) is 10.9. The van der Waals surface area contributed by atoms with Gasteiger partial charge in [-0.15, -0.1) is 0 Å². The molecule has 0 aromatic carbocycles. The van der Waals surface area contributed by atoms with Crippen LogP contribution in [-0.2, 0) is 14.3 Å². The van der Waals surface area contributed by atoms with Crippen LogP contribution in [0.1, 0.15) is 117 Å². The lowest BCUT2D eigenvalue weighted by atomic mass is 9.89. The number of cyclic esters (lactones) is 1. The van der Waals surface area contributed by atoms with E-state index in [-0.39, 0.29) is 17.9 Å². The van der Waals surface area contributed by atoms with Crippen molar-refractivity contribution in [1.29, 1.82) is 0 Å². The summed E-state index contributed by atoms with van der Waals surface area (Å²) in [6.07, 6.45) is 17.8. The molecular weight excluding hydrogens is 312 g/mol. The van der Waals surface area contributed by atoms with Gasteiger partial charge in [0.05, 0.1) is 0 Å². The molecule has 0 amide bonds. The monoisotopic (exact) mass is 352 g/mol. The average Bonchev–Trinajstić information content (AvgIpc) is 2.59. The maximum Gasteiger partial charge on any atom is 0.316 e. The van der Waals surface area contributed by atoms with Crippen molar-refractivity contribution in [3.8, 4) is 0 Å². The van der Waals surface area contributed by atoms with Gasteiger partial charge in [-0.3, -0.25) is 9.59 Å². The van der Waals surface area contributed by atoms with E-state index in [1.807, 2.05) is 0 Å². The summed E-state index contributed by atoms with van der Waals surface area (Å²) in [6.45, 7) is 4.41. The molecule has 0 bridgehead atoms. The van der Waals surface area contributed by atoms with Gasteiger partial charge in [0.15, 0.2) is 5.78 Å². The Morgan fingerprint density at radius 1 is 0.720 bits per heavy atom. The molecule has 1 saturated heterocycles. The molecular formula is C22H40O3. The van der Waals surface area contributed by atoms with Crippen LogP contribution in [0.4, 0.5) is 0 Å². The van der Waals surface area contributed by atoms with Crippen molar-refractivity contribution in [1.82, 2.24) is 0 Å². The molecule has 0 aromatic heterocycles. The van der Waals surface area contributed by atoms with Gasteiger partial charge in [0.25, 0.3) is 0 Å². The Morgan fingerprint density at radius 3 is 1.76 bits per heavy atom. The minimum absolute atomic E-state index is 0.119. The standard InChI is InChI=1S/C22H40O3/c1-3-5-7-9-10-11-12-13-14-16-19-18-21(23)20(22(24)25-19)17-15-8-6-4-2/h19-20H,3-18H2,1-2H3. The van der Waals surface area contributed by atoms with Gasteiger partial charge < -0.3 is 4.74 Å². The van der Waals surface area contributed by atoms with Crippen LogP contribution >= 0.6 is 0 Å². The highest BCUT2D eigenvalue weighted by Gasteiger charge is 2.36. The molecule has 0 aromatic rings. The average molecular weight is 353 g/mol. The Morgan fingerprint density at radius 2 is 1.20 bits per heavy atom. The SMILES string of the molecule is CCCCCCCCCCCC1CC(=O)C(CCCCCC)C(=O)O1. The minimum atomic E-state index is -0.476. The number of ether oxygens (including phenoxy) is 1. The molecule has 25 heavy (non-hydrogen) atoms. The molecule has 0 N–H and O–H groups in total. The second-order valence-electron chi connectivity index (χ2n) is 7.75. The van der Waals surface area contributed by atoms with Crippen LogP contribution in [0.15, 0.2) is 0 Å². The summed E-state index contributed by atoms with van der Waals surface area (Å²) < 4.78 is 5.54. The first-order valence-corrected chi connectivity index (χ1v) is 10.9. The topological polar surface area (TPSA) is 43.4 Å². The van der Waals surface area contributed by atoms with E-state index >= 15 is 0 Å². The maximum atomic E-state index is 12.2. The van der Waals surface area contributed by atoms with Crippen LogP contribution in [0, 0.1) is 5.92 Å². The van der Waals surface area contributed by atoms with Crippen LogP contribution in [0.5, 0.6) is 0 Å². The first kappa shape index (κ1) is 22.2. The fourth-order valence-electron chi connectivity index (χ4n) is 3.68. The molecule has 1 heterocycles. The second kappa shape index (κ2) is 14.3. The number of Topliss-reactive ketones (excluding diaryl/α,β-unsaturated/α-hetero) is 1. The number of hydrogen-bond donors (Lipinski definition) is 0. The Balaban J connectivity index is 2.07. The summed E-state index contributed by atoms with van der Waals surface area (Å²) in [5.74, 6) is -0.612. The summed E-state index contributed by atoms with van der Waals surface area (Å²) in [5, 5.41) is 0. The Hall–Kier alpha value is -0.860. The van der Waals surface area contributed by atoms with Gasteiger partial charge in [-0.25, -0.2) is 0 Å². The van der Waals surface area contributed by atoms with Crippen molar-refractivity contribution in [2.75, 3.05) is 0 Å². The zero-order valence-corrected chi connectivity index (χ0v) is 16.7. The highest BCUT2D eigenvalue weighted by Crippen LogP contribution is 2.25. The number of unbranched alkanes of at least 4 members (excludes halogenated alkanes) is 11. The third-order valence-corrected chi connectivity index (χ3v) is 5.36. The number of carbonyl (C=O) groups is 2. The van der Waals surface area contributed by atoms with Crippen molar-refractivity contribution in [3.05, 3.63) is 0 Å². The maximum absolute atomic E-state index is 12.2. The molecule has 0 saturated carbocycles. The molecule has 2 atom stereocenters. The van der Waals surface area contributed by atoms with E-state index in [0.717, 1.165) is 25.7 Å². The molecule has 1 aliphatic rings. The van der Waals surface area contributed by atoms with Crippen molar-refractivity contribution >= 4 is 11.8 Å². The quantitative estimate of drug-likeness (QED) is 0.195. The number of rotatable bonds is 15. The molecule has 3 nitrogen and oxygen atoms in total. The predicted octanol–water partition coefficient (Wildman–Crippen LogP) is 6.38. The molecule has 3 heteroatoms. The van der Waals surface area contributed by atoms with Gasteiger partial charge in [0.1, 0.15) is 12.0 Å². The van der Waals surface area contributed by atoms with E-state index in [1.165, 1.54) is 64.2 Å². The second-order valence-corrected chi connectivity index (χ2v) is 7.75. The van der Waals surface area contributed by atoms with E-state index in [9.17, 15) is 9.59 Å². The molecule has 2 unspecified atom stereocenters. The van der Waals surface area contributed by atoms with Crippen LogP contribution in [0.3, 0.4) is 0 Å². The van der Waals surface area contributed by atoms with Crippen molar-refractivity contribution in [2.45, 2.75) is 123 Å². The Bertz CT molecular complexity index is 346. The predicted molar refractivity (Wildman–Crippen MR) is 104 cm³/mol. The molecule has 1 fully saturated rings. The van der Waals surface area contributed by atoms with Gasteiger partial charge in [-0.2, -0.15) is 0 Å². The Kier molecular flexibility index (Phi) is 12.7. The summed E-state index contributed by atoms with van der Waals surface area (Å²) >= 11 is 0. The summed E-state index contributed by atoms with van der Waals surface area (Å²) in [7, 11) is 0. The van der Waals surface area contributed by atoms with Crippen LogP contribution in [0.25, 0.3) is 0 Å². The summed E-state index contributed by atoms with van der Waals surface area (Å²) in [5.41, 5.74) is 0. The fourth-order valence-corrected chi connectivity index (χ4v) is 3.68. The summed E-state index contributed by atoms with van der Waals surface area (Å²) in [4.78, 5) is 24.3. The van der Waals surface area contributed by atoms with Gasteiger partial charge in [0.2, 0.25) is 0 Å². The van der Waals surface area contributed by atoms with Crippen molar-refractivity contribution < 1.29 is 14.3 Å². The fraction of sp³-hybridized carbons (Fsp3) is 0.909. The van der Waals surface area contributed by atoms with Gasteiger partial charge in [0, 0.05) is 6.42 Å². The summed E-state index contributed by atoms with van der Waals surface area (Å²) in [6, 6.07) is 0. The Labute approximate surface area is 155 Å². The number of carbonyl (C=O) groups excluding carboxylic acids is 2. The third kappa shape index (κ3) is 10.0. The lowest BCUT2D eigenvalue weighted by Crippen LogP contribution is -2.38. The molecule has 0 aliphatic carbocycles. The van der Waals surface area contributed by atoms with Gasteiger partial charge in [-0.1, -0.05) is 90.9 Å². The van der Waals surface area contributed by atoms with E-state index in [2.05, 4.69) is 13.8 Å². The van der Waals surface area contributed by atoms with E-state index in [1.54, 1.807) is 0 Å². The molecule has 0 spiro atoms. The number of hydrogen-bond acceptors (Lipinski definition) is 3. The highest BCUT2D eigenvalue weighted by molar-refractivity contribution is 6.00. The largest absolute Gasteiger partial charge is 0.461 e. The molecule has 1 aliphatic heterocycles. The van der Waals surface area contributed by atoms with Crippen LogP contribution < -0.4 is 0 Å². The lowest BCUT2D eigenvalue weighted by molar-refractivity contribution is -0.165. The number of ketones is 1. The zero-order valence-electron chi connectivity index (χ0n) is 16.7. The van der Waals surface area contributed by atoms with E-state index in [4.69, 9.17) is 4.74 Å². The number of esters is 1. The first-order chi connectivity index (χ1) is 12.2. The van der Waals surface area contributed by atoms with Crippen molar-refractivity contribution in [2.24, 2.45) is 5.92 Å². The van der Waals surface area contributed by atoms with Gasteiger partial charge in [-0.05, 0) is 19.3 Å². The lowest BCUT2D eigenvalue weighted by Gasteiger charge is -2.27. The van der Waals surface area contributed by atoms with Crippen molar-refractivity contribution in [3.63, 3.8) is 0 Å². The van der Waals surface area contributed by atoms with E-state index < -0.39 is 5.92 Å². The highest BCUT2D eigenvalue weighted by atomic mass is 16.5. The molecule has 146 valence electrons. The van der Waals surface area contributed by atoms with Gasteiger partial charge >= 0.3 is 5.97 Å². The molecule has 0 radical (unpaired) electrons. The normalized spacial score (nSPS) is 20.7. The smallest absolute Gasteiger partial charge is 0.316 e. The minimum Gasteiger partial charge on any atom is -0.461 e. The third-order valence-electron chi connectivity index (χ3n) is 5.36. The molecule has 1 rings (SSSR count). The van der Waals surface area contributed by atoms with Crippen LogP contribution in [0.2, 0.25) is 0 Å². The zero-order chi connectivity index (χ0) is 18.3. The van der Waals surface area contributed by atoms with Crippen LogP contribution in [-0.4, -0.2) is 17.9 Å². The van der Waals surface area contributed by atoms with E-state index in [0.29, 0.717) is 12.8 Å².